The summed E-state index contributed by atoms with van der Waals surface area (Å²) in [5, 5.41) is 1.05. The average Bonchev–Trinajstić information content (AvgIpc) is 3.24. The Balaban J connectivity index is 1.82. The second-order valence-electron chi connectivity index (χ2n) is 8.88. The summed E-state index contributed by atoms with van der Waals surface area (Å²) in [4.78, 5) is 34.5. The van der Waals surface area contributed by atoms with Gasteiger partial charge >= 0.3 is 0 Å². The van der Waals surface area contributed by atoms with Crippen LogP contribution in [0.3, 0.4) is 0 Å². The number of anilines is 1. The number of hydrogen-bond acceptors (Lipinski definition) is 3. The molecule has 2 aliphatic heterocycles. The first kappa shape index (κ1) is 19.7. The molecule has 5 rings (SSSR count). The van der Waals surface area contributed by atoms with Gasteiger partial charge in [0.2, 0.25) is 5.91 Å². The standard InChI is InChI=1S/C25H27N3O3/c1-15(2)13-22(29)28-12-11-17-18-14-16(31-4)9-10-20(18)26-23(17)25(28)19-7-5-6-8-21(19)27(3)24(25)30/h5-10,14-15,26H,11-13H2,1-4H3/t25-/m0/s1. The Bertz CT molecular complexity index is 1210. The van der Waals surface area contributed by atoms with Gasteiger partial charge in [0.1, 0.15) is 5.75 Å². The molecule has 0 radical (unpaired) electrons. The Morgan fingerprint density at radius 3 is 2.74 bits per heavy atom. The average molecular weight is 418 g/mol. The van der Waals surface area contributed by atoms with Gasteiger partial charge in [0.25, 0.3) is 5.91 Å². The van der Waals surface area contributed by atoms with E-state index >= 15 is 0 Å². The van der Waals surface area contributed by atoms with E-state index in [9.17, 15) is 9.59 Å². The van der Waals surface area contributed by atoms with E-state index in [4.69, 9.17) is 4.74 Å². The molecule has 31 heavy (non-hydrogen) atoms. The SMILES string of the molecule is COc1ccc2[nH]c3c(c2c1)CCN(C(=O)CC(C)C)[C@]31C(=O)N(C)c2ccccc21. The number of methoxy groups -OCH3 is 1. The van der Waals surface area contributed by atoms with Crippen molar-refractivity contribution in [1.29, 1.82) is 0 Å². The van der Waals surface area contributed by atoms with E-state index in [0.29, 0.717) is 19.4 Å². The highest BCUT2D eigenvalue weighted by Gasteiger charge is 2.59. The van der Waals surface area contributed by atoms with E-state index < -0.39 is 5.54 Å². The Labute approximate surface area is 181 Å². The van der Waals surface area contributed by atoms with Gasteiger partial charge in [-0.3, -0.25) is 9.59 Å². The second kappa shape index (κ2) is 6.87. The van der Waals surface area contributed by atoms with Gasteiger partial charge in [-0.1, -0.05) is 32.0 Å². The molecule has 2 amide bonds. The van der Waals surface area contributed by atoms with Crippen LogP contribution in [0.25, 0.3) is 10.9 Å². The molecule has 1 N–H and O–H groups in total. The predicted octanol–water partition coefficient (Wildman–Crippen LogP) is 3.83. The minimum absolute atomic E-state index is 0.00957. The fraction of sp³-hybridized carbons (Fsp3) is 0.360. The van der Waals surface area contributed by atoms with Crippen molar-refractivity contribution in [3.8, 4) is 5.75 Å². The van der Waals surface area contributed by atoms with Crippen molar-refractivity contribution in [3.05, 3.63) is 59.3 Å². The first-order chi connectivity index (χ1) is 14.9. The largest absolute Gasteiger partial charge is 0.497 e. The number of nitrogens with one attached hydrogen (secondary N) is 1. The molecule has 2 aliphatic rings. The van der Waals surface area contributed by atoms with Crippen LogP contribution in [0.5, 0.6) is 5.75 Å². The summed E-state index contributed by atoms with van der Waals surface area (Å²) < 4.78 is 5.44. The molecule has 1 spiro atoms. The number of fused-ring (bicyclic) bond motifs is 6. The maximum atomic E-state index is 14.0. The summed E-state index contributed by atoms with van der Waals surface area (Å²) in [7, 11) is 3.45. The minimum Gasteiger partial charge on any atom is -0.497 e. The predicted molar refractivity (Wildman–Crippen MR) is 120 cm³/mol. The number of benzene rings is 2. The van der Waals surface area contributed by atoms with Gasteiger partial charge in [0.15, 0.2) is 5.54 Å². The van der Waals surface area contributed by atoms with Crippen molar-refractivity contribution in [2.24, 2.45) is 5.92 Å². The number of H-pyrrole nitrogens is 1. The quantitative estimate of drug-likeness (QED) is 0.704. The van der Waals surface area contributed by atoms with E-state index in [1.165, 1.54) is 0 Å². The second-order valence-corrected chi connectivity index (χ2v) is 8.88. The van der Waals surface area contributed by atoms with Gasteiger partial charge in [0, 0.05) is 42.2 Å². The third-order valence-electron chi connectivity index (χ3n) is 6.62. The molecule has 3 heterocycles. The molecular weight excluding hydrogens is 390 g/mol. The number of aromatic amines is 1. The molecule has 0 fully saturated rings. The third kappa shape index (κ3) is 2.57. The highest BCUT2D eigenvalue weighted by Crippen LogP contribution is 2.52. The number of nitrogens with zero attached hydrogens (tertiary/aromatic N) is 2. The molecule has 0 saturated carbocycles. The molecule has 2 aromatic carbocycles. The Morgan fingerprint density at radius 2 is 2.00 bits per heavy atom. The fourth-order valence-corrected chi connectivity index (χ4v) is 5.26. The lowest BCUT2D eigenvalue weighted by Gasteiger charge is -2.43. The zero-order valence-electron chi connectivity index (χ0n) is 18.4. The Kier molecular flexibility index (Phi) is 4.36. The van der Waals surface area contributed by atoms with Crippen molar-refractivity contribution in [3.63, 3.8) is 0 Å². The van der Waals surface area contributed by atoms with Gasteiger partial charge in [-0.2, -0.15) is 0 Å². The van der Waals surface area contributed by atoms with Crippen LogP contribution in [-0.2, 0) is 21.5 Å². The van der Waals surface area contributed by atoms with Crippen LogP contribution in [0.2, 0.25) is 0 Å². The van der Waals surface area contributed by atoms with Crippen LogP contribution in [0, 0.1) is 5.92 Å². The normalized spacial score (nSPS) is 20.0. The number of amides is 2. The lowest BCUT2D eigenvalue weighted by molar-refractivity contribution is -0.145. The van der Waals surface area contributed by atoms with Gasteiger partial charge in [-0.25, -0.2) is 0 Å². The number of ether oxygens (including phenoxy) is 1. The molecule has 1 aromatic heterocycles. The lowest BCUT2D eigenvalue weighted by Crippen LogP contribution is -2.59. The summed E-state index contributed by atoms with van der Waals surface area (Å²) in [6, 6.07) is 13.7. The van der Waals surface area contributed by atoms with Crippen molar-refractivity contribution < 1.29 is 14.3 Å². The van der Waals surface area contributed by atoms with Crippen LogP contribution in [-0.4, -0.2) is 42.4 Å². The highest BCUT2D eigenvalue weighted by molar-refractivity contribution is 6.12. The molecule has 0 saturated heterocycles. The number of likely N-dealkylation sites (N-methyl/N-ethyl adjacent to an activating group) is 1. The van der Waals surface area contributed by atoms with Gasteiger partial charge in [-0.15, -0.1) is 0 Å². The van der Waals surface area contributed by atoms with Crippen LogP contribution < -0.4 is 9.64 Å². The van der Waals surface area contributed by atoms with Crippen LogP contribution in [0.4, 0.5) is 5.69 Å². The molecule has 6 heteroatoms. The summed E-state index contributed by atoms with van der Waals surface area (Å²) in [5.41, 5.74) is 3.37. The number of hydrogen-bond donors (Lipinski definition) is 1. The summed E-state index contributed by atoms with van der Waals surface area (Å²) in [6.45, 7) is 4.56. The Hall–Kier alpha value is -3.28. The number of carbonyl (C=O) groups excluding carboxylic acids is 2. The summed E-state index contributed by atoms with van der Waals surface area (Å²) >= 11 is 0. The molecule has 3 aromatic rings. The maximum Gasteiger partial charge on any atom is 0.263 e. The van der Waals surface area contributed by atoms with E-state index in [1.807, 2.05) is 61.2 Å². The fourth-order valence-electron chi connectivity index (χ4n) is 5.26. The summed E-state index contributed by atoms with van der Waals surface area (Å²) in [5.74, 6) is 0.903. The van der Waals surface area contributed by atoms with Crippen LogP contribution >= 0.6 is 0 Å². The molecule has 6 nitrogen and oxygen atoms in total. The number of rotatable bonds is 3. The number of aromatic nitrogens is 1. The van der Waals surface area contributed by atoms with E-state index in [2.05, 4.69) is 4.98 Å². The molecule has 1 atom stereocenters. The molecule has 0 unspecified atom stereocenters. The Morgan fingerprint density at radius 1 is 1.23 bits per heavy atom. The van der Waals surface area contributed by atoms with Crippen molar-refractivity contribution in [1.82, 2.24) is 9.88 Å². The smallest absolute Gasteiger partial charge is 0.263 e. The molecule has 160 valence electrons. The van der Waals surface area contributed by atoms with Gasteiger partial charge < -0.3 is 19.5 Å². The van der Waals surface area contributed by atoms with E-state index in [-0.39, 0.29) is 17.7 Å². The number of para-hydroxylation sites is 1. The van der Waals surface area contributed by atoms with E-state index in [1.54, 1.807) is 19.1 Å². The van der Waals surface area contributed by atoms with Crippen LogP contribution in [0.15, 0.2) is 42.5 Å². The van der Waals surface area contributed by atoms with Gasteiger partial charge in [-0.05, 0) is 42.2 Å². The zero-order valence-corrected chi connectivity index (χ0v) is 18.4. The van der Waals surface area contributed by atoms with E-state index in [0.717, 1.165) is 39.2 Å². The maximum absolute atomic E-state index is 14.0. The molecular formula is C25H27N3O3. The minimum atomic E-state index is -1.17. The zero-order chi connectivity index (χ0) is 21.9. The topological polar surface area (TPSA) is 65.6 Å². The molecule has 0 aliphatic carbocycles. The number of carbonyl (C=O) groups is 2. The highest BCUT2D eigenvalue weighted by atomic mass is 16.5. The molecule has 0 bridgehead atoms. The van der Waals surface area contributed by atoms with Crippen molar-refractivity contribution >= 4 is 28.4 Å². The van der Waals surface area contributed by atoms with Crippen molar-refractivity contribution in [2.75, 3.05) is 25.6 Å². The summed E-state index contributed by atoms with van der Waals surface area (Å²) in [6.07, 6.45) is 1.09. The first-order valence-electron chi connectivity index (χ1n) is 10.8. The van der Waals surface area contributed by atoms with Crippen molar-refractivity contribution in [2.45, 2.75) is 32.2 Å². The van der Waals surface area contributed by atoms with Crippen LogP contribution in [0.1, 0.15) is 37.1 Å². The lowest BCUT2D eigenvalue weighted by atomic mass is 9.79. The third-order valence-corrected chi connectivity index (χ3v) is 6.62. The first-order valence-corrected chi connectivity index (χ1v) is 10.8. The monoisotopic (exact) mass is 417 g/mol. The van der Waals surface area contributed by atoms with Gasteiger partial charge in [0.05, 0.1) is 12.8 Å².